The standard InChI is InChI=1S/C16H19N3O/c1-3-12-7-5-8-13(11-12)18-16(20)14-9-6-10-15(19-14)17-4-2/h5-11H,3-4H2,1-2H3,(H,17,19)(H,18,20). The van der Waals surface area contributed by atoms with Gasteiger partial charge >= 0.3 is 0 Å². The van der Waals surface area contributed by atoms with Gasteiger partial charge in [0.15, 0.2) is 0 Å². The van der Waals surface area contributed by atoms with Crippen molar-refractivity contribution in [2.24, 2.45) is 0 Å². The lowest BCUT2D eigenvalue weighted by Crippen LogP contribution is -2.14. The summed E-state index contributed by atoms with van der Waals surface area (Å²) in [6.07, 6.45) is 0.942. The molecule has 4 heteroatoms. The maximum absolute atomic E-state index is 12.2. The Morgan fingerprint density at radius 1 is 1.15 bits per heavy atom. The highest BCUT2D eigenvalue weighted by molar-refractivity contribution is 6.03. The lowest BCUT2D eigenvalue weighted by molar-refractivity contribution is 0.102. The van der Waals surface area contributed by atoms with Crippen molar-refractivity contribution in [3.05, 3.63) is 53.7 Å². The summed E-state index contributed by atoms with van der Waals surface area (Å²) in [5.41, 5.74) is 2.40. The first kappa shape index (κ1) is 14.1. The molecule has 1 heterocycles. The van der Waals surface area contributed by atoms with Crippen molar-refractivity contribution in [2.75, 3.05) is 17.2 Å². The third-order valence-electron chi connectivity index (χ3n) is 2.93. The molecule has 1 aromatic carbocycles. The summed E-state index contributed by atoms with van der Waals surface area (Å²) in [7, 11) is 0. The molecule has 1 amide bonds. The van der Waals surface area contributed by atoms with Crippen molar-refractivity contribution in [3.8, 4) is 0 Å². The van der Waals surface area contributed by atoms with Gasteiger partial charge in [0, 0.05) is 12.2 Å². The molecule has 0 saturated heterocycles. The number of rotatable bonds is 5. The number of aromatic nitrogens is 1. The van der Waals surface area contributed by atoms with Gasteiger partial charge in [0.2, 0.25) is 0 Å². The van der Waals surface area contributed by atoms with Crippen molar-refractivity contribution in [1.29, 1.82) is 0 Å². The fraction of sp³-hybridized carbons (Fsp3) is 0.250. The van der Waals surface area contributed by atoms with Crippen LogP contribution >= 0.6 is 0 Å². The molecule has 0 aliphatic rings. The number of aryl methyl sites for hydroxylation is 1. The average Bonchev–Trinajstić information content (AvgIpc) is 2.48. The summed E-state index contributed by atoms with van der Waals surface area (Å²) < 4.78 is 0. The van der Waals surface area contributed by atoms with Crippen LogP contribution < -0.4 is 10.6 Å². The summed E-state index contributed by atoms with van der Waals surface area (Å²) in [6.45, 7) is 4.85. The van der Waals surface area contributed by atoms with Gasteiger partial charge in [-0.2, -0.15) is 0 Å². The third-order valence-corrected chi connectivity index (χ3v) is 2.93. The highest BCUT2D eigenvalue weighted by atomic mass is 16.1. The highest BCUT2D eigenvalue weighted by Gasteiger charge is 2.08. The molecule has 0 aliphatic heterocycles. The predicted octanol–water partition coefficient (Wildman–Crippen LogP) is 3.33. The molecule has 2 N–H and O–H groups in total. The quantitative estimate of drug-likeness (QED) is 0.875. The second kappa shape index (κ2) is 6.70. The van der Waals surface area contributed by atoms with E-state index in [0.29, 0.717) is 11.5 Å². The van der Waals surface area contributed by atoms with Gasteiger partial charge in [0.1, 0.15) is 11.5 Å². The van der Waals surface area contributed by atoms with Gasteiger partial charge in [-0.25, -0.2) is 4.98 Å². The molecular formula is C16H19N3O. The number of nitrogens with one attached hydrogen (secondary N) is 2. The van der Waals surface area contributed by atoms with Crippen LogP contribution in [-0.4, -0.2) is 17.4 Å². The van der Waals surface area contributed by atoms with Gasteiger partial charge in [-0.3, -0.25) is 4.79 Å². The Morgan fingerprint density at radius 2 is 1.95 bits per heavy atom. The molecule has 20 heavy (non-hydrogen) atoms. The van der Waals surface area contributed by atoms with Gasteiger partial charge in [0.05, 0.1) is 0 Å². The van der Waals surface area contributed by atoms with Crippen LogP contribution in [0.5, 0.6) is 0 Å². The van der Waals surface area contributed by atoms with E-state index in [0.717, 1.165) is 18.7 Å². The predicted molar refractivity (Wildman–Crippen MR) is 82.2 cm³/mol. The van der Waals surface area contributed by atoms with E-state index in [4.69, 9.17) is 0 Å². The van der Waals surface area contributed by atoms with E-state index < -0.39 is 0 Å². The van der Waals surface area contributed by atoms with Crippen LogP contribution in [0.4, 0.5) is 11.5 Å². The zero-order valence-electron chi connectivity index (χ0n) is 11.8. The molecule has 0 saturated carbocycles. The number of pyridine rings is 1. The third kappa shape index (κ3) is 3.57. The maximum Gasteiger partial charge on any atom is 0.274 e. The van der Waals surface area contributed by atoms with E-state index in [1.165, 1.54) is 5.56 Å². The van der Waals surface area contributed by atoms with Crippen LogP contribution in [0.25, 0.3) is 0 Å². The number of hydrogen-bond acceptors (Lipinski definition) is 3. The van der Waals surface area contributed by atoms with Crippen molar-refractivity contribution in [3.63, 3.8) is 0 Å². The minimum absolute atomic E-state index is 0.196. The number of benzene rings is 1. The van der Waals surface area contributed by atoms with E-state index in [2.05, 4.69) is 22.5 Å². The van der Waals surface area contributed by atoms with Gasteiger partial charge in [-0.15, -0.1) is 0 Å². The summed E-state index contributed by atoms with van der Waals surface area (Å²) in [6, 6.07) is 13.2. The van der Waals surface area contributed by atoms with Crippen LogP contribution in [0.1, 0.15) is 29.9 Å². The summed E-state index contributed by atoms with van der Waals surface area (Å²) >= 11 is 0. The van der Waals surface area contributed by atoms with E-state index >= 15 is 0 Å². The Hall–Kier alpha value is -2.36. The largest absolute Gasteiger partial charge is 0.370 e. The summed E-state index contributed by atoms with van der Waals surface area (Å²) in [5, 5.41) is 5.97. The van der Waals surface area contributed by atoms with Crippen molar-refractivity contribution in [2.45, 2.75) is 20.3 Å². The number of nitrogens with zero attached hydrogens (tertiary/aromatic N) is 1. The Balaban J connectivity index is 2.12. The van der Waals surface area contributed by atoms with Gasteiger partial charge < -0.3 is 10.6 Å². The molecule has 0 bridgehead atoms. The molecule has 1 aromatic heterocycles. The minimum Gasteiger partial charge on any atom is -0.370 e. The lowest BCUT2D eigenvalue weighted by atomic mass is 10.1. The molecule has 0 spiro atoms. The molecule has 0 radical (unpaired) electrons. The van der Waals surface area contributed by atoms with Gasteiger partial charge in [-0.1, -0.05) is 25.1 Å². The highest BCUT2D eigenvalue weighted by Crippen LogP contribution is 2.13. The maximum atomic E-state index is 12.2. The van der Waals surface area contributed by atoms with Crippen LogP contribution in [-0.2, 0) is 6.42 Å². The van der Waals surface area contributed by atoms with Crippen molar-refractivity contribution < 1.29 is 4.79 Å². The molecule has 0 atom stereocenters. The fourth-order valence-electron chi connectivity index (χ4n) is 1.90. The summed E-state index contributed by atoms with van der Waals surface area (Å²) in [4.78, 5) is 16.4. The topological polar surface area (TPSA) is 54.0 Å². The number of anilines is 2. The van der Waals surface area contributed by atoms with Crippen LogP contribution in [0.3, 0.4) is 0 Å². The first-order valence-corrected chi connectivity index (χ1v) is 6.84. The molecule has 0 fully saturated rings. The molecule has 2 rings (SSSR count). The number of carbonyl (C=O) groups is 1. The Bertz CT molecular complexity index is 596. The molecule has 0 unspecified atom stereocenters. The van der Waals surface area contributed by atoms with Gasteiger partial charge in [-0.05, 0) is 43.2 Å². The monoisotopic (exact) mass is 269 g/mol. The van der Waals surface area contributed by atoms with E-state index in [-0.39, 0.29) is 5.91 Å². The number of carbonyl (C=O) groups excluding carboxylic acids is 1. The van der Waals surface area contributed by atoms with E-state index in [9.17, 15) is 4.79 Å². The zero-order chi connectivity index (χ0) is 14.4. The first-order chi connectivity index (χ1) is 9.72. The first-order valence-electron chi connectivity index (χ1n) is 6.84. The molecule has 0 aliphatic carbocycles. The minimum atomic E-state index is -0.196. The molecule has 4 nitrogen and oxygen atoms in total. The second-order valence-corrected chi connectivity index (χ2v) is 4.45. The van der Waals surface area contributed by atoms with Crippen LogP contribution in [0.15, 0.2) is 42.5 Å². The Kier molecular flexibility index (Phi) is 4.71. The fourth-order valence-corrected chi connectivity index (χ4v) is 1.90. The molecular weight excluding hydrogens is 250 g/mol. The molecule has 2 aromatic rings. The Morgan fingerprint density at radius 3 is 2.70 bits per heavy atom. The van der Waals surface area contributed by atoms with E-state index in [1.807, 2.05) is 43.3 Å². The van der Waals surface area contributed by atoms with E-state index in [1.54, 1.807) is 6.07 Å². The summed E-state index contributed by atoms with van der Waals surface area (Å²) in [5.74, 6) is 0.514. The zero-order valence-corrected chi connectivity index (χ0v) is 11.8. The number of hydrogen-bond donors (Lipinski definition) is 2. The SMILES string of the molecule is CCNc1cccc(C(=O)Nc2cccc(CC)c2)n1. The van der Waals surface area contributed by atoms with Crippen LogP contribution in [0.2, 0.25) is 0 Å². The second-order valence-electron chi connectivity index (χ2n) is 4.45. The van der Waals surface area contributed by atoms with Gasteiger partial charge in [0.25, 0.3) is 5.91 Å². The average molecular weight is 269 g/mol. The lowest BCUT2D eigenvalue weighted by Gasteiger charge is -2.08. The van der Waals surface area contributed by atoms with Crippen molar-refractivity contribution >= 4 is 17.4 Å². The van der Waals surface area contributed by atoms with Crippen LogP contribution in [0, 0.1) is 0 Å². The number of amides is 1. The van der Waals surface area contributed by atoms with Crippen molar-refractivity contribution in [1.82, 2.24) is 4.98 Å². The normalized spacial score (nSPS) is 10.1. The smallest absolute Gasteiger partial charge is 0.274 e. The molecule has 104 valence electrons. The Labute approximate surface area is 119 Å².